The smallest absolute Gasteiger partial charge is 0.00504 e. The van der Waals surface area contributed by atoms with Crippen LogP contribution in [0.4, 0.5) is 0 Å². The van der Waals surface area contributed by atoms with E-state index in [0.717, 1.165) is 0 Å². The molecule has 1 aliphatic carbocycles. The van der Waals surface area contributed by atoms with E-state index in [0.29, 0.717) is 0 Å². The van der Waals surface area contributed by atoms with Crippen molar-refractivity contribution in [2.24, 2.45) is 0 Å². The zero-order valence-corrected chi connectivity index (χ0v) is 8.61. The molecule has 0 heterocycles. The third-order valence-corrected chi connectivity index (χ3v) is 2.90. The number of rotatable bonds is 2. The molecular formula is C15H13. The fourth-order valence-corrected chi connectivity index (χ4v) is 1.88. The van der Waals surface area contributed by atoms with Gasteiger partial charge in [0.1, 0.15) is 0 Å². The van der Waals surface area contributed by atoms with Gasteiger partial charge in [0.2, 0.25) is 0 Å². The second kappa shape index (κ2) is 3.54. The Morgan fingerprint density at radius 3 is 1.67 bits per heavy atom. The molecule has 0 unspecified atom stereocenters. The summed E-state index contributed by atoms with van der Waals surface area (Å²) in [5, 5.41) is 0. The van der Waals surface area contributed by atoms with Crippen molar-refractivity contribution in [2.45, 2.75) is 12.8 Å². The molecule has 0 aromatic heterocycles. The summed E-state index contributed by atoms with van der Waals surface area (Å²) in [7, 11) is 0. The summed E-state index contributed by atoms with van der Waals surface area (Å²) in [6.07, 6.45) is 2.59. The molecule has 0 saturated heterocycles. The Morgan fingerprint density at radius 2 is 1.07 bits per heavy atom. The molecule has 0 amide bonds. The van der Waals surface area contributed by atoms with Crippen molar-refractivity contribution in [2.75, 3.05) is 0 Å². The summed E-state index contributed by atoms with van der Waals surface area (Å²) in [5.41, 5.74) is 4.03. The minimum atomic E-state index is 1.30. The molecule has 0 atom stereocenters. The van der Waals surface area contributed by atoms with Crippen molar-refractivity contribution < 1.29 is 0 Å². The molecule has 0 aliphatic heterocycles. The van der Waals surface area contributed by atoms with E-state index in [1.165, 1.54) is 29.5 Å². The third kappa shape index (κ3) is 1.80. The summed E-state index contributed by atoms with van der Waals surface area (Å²) >= 11 is 0. The molecule has 0 bridgehead atoms. The monoisotopic (exact) mass is 193 g/mol. The molecule has 0 spiro atoms. The van der Waals surface area contributed by atoms with Crippen LogP contribution in [0.15, 0.2) is 54.6 Å². The SMILES string of the molecule is c1ccc(-c2ccc([C]3CC3)cc2)cc1. The number of hydrogen-bond acceptors (Lipinski definition) is 0. The van der Waals surface area contributed by atoms with Gasteiger partial charge in [0, 0.05) is 5.92 Å². The molecule has 1 saturated carbocycles. The van der Waals surface area contributed by atoms with Crippen LogP contribution in [0, 0.1) is 5.92 Å². The molecule has 73 valence electrons. The summed E-state index contributed by atoms with van der Waals surface area (Å²) < 4.78 is 0. The lowest BCUT2D eigenvalue weighted by atomic mass is 10.0. The summed E-state index contributed by atoms with van der Waals surface area (Å²) in [4.78, 5) is 0. The van der Waals surface area contributed by atoms with E-state index in [-0.39, 0.29) is 0 Å². The fourth-order valence-electron chi connectivity index (χ4n) is 1.88. The molecule has 1 aliphatic rings. The average molecular weight is 193 g/mol. The van der Waals surface area contributed by atoms with E-state index in [2.05, 4.69) is 54.6 Å². The van der Waals surface area contributed by atoms with Gasteiger partial charge in [-0.05, 0) is 29.5 Å². The van der Waals surface area contributed by atoms with Crippen LogP contribution in [-0.4, -0.2) is 0 Å². The van der Waals surface area contributed by atoms with Gasteiger partial charge >= 0.3 is 0 Å². The van der Waals surface area contributed by atoms with Crippen LogP contribution in [0.1, 0.15) is 18.4 Å². The molecule has 15 heavy (non-hydrogen) atoms. The lowest BCUT2D eigenvalue weighted by Gasteiger charge is -2.02. The maximum Gasteiger partial charge on any atom is 0.00504 e. The van der Waals surface area contributed by atoms with Crippen molar-refractivity contribution in [1.29, 1.82) is 0 Å². The van der Waals surface area contributed by atoms with Gasteiger partial charge in [-0.2, -0.15) is 0 Å². The van der Waals surface area contributed by atoms with Gasteiger partial charge in [-0.15, -0.1) is 0 Å². The first-order valence-electron chi connectivity index (χ1n) is 5.44. The minimum absolute atomic E-state index is 1.30. The number of benzene rings is 2. The lowest BCUT2D eigenvalue weighted by Crippen LogP contribution is -1.81. The number of hydrogen-bond donors (Lipinski definition) is 0. The van der Waals surface area contributed by atoms with Crippen LogP contribution in [0.25, 0.3) is 11.1 Å². The molecule has 2 aromatic rings. The van der Waals surface area contributed by atoms with Gasteiger partial charge in [-0.3, -0.25) is 0 Å². The van der Waals surface area contributed by atoms with Gasteiger partial charge in [0.15, 0.2) is 0 Å². The molecule has 3 rings (SSSR count). The fraction of sp³-hybridized carbons (Fsp3) is 0.133. The average Bonchev–Trinajstić information content (AvgIpc) is 3.15. The summed E-state index contributed by atoms with van der Waals surface area (Å²) in [6, 6.07) is 19.4. The minimum Gasteiger partial charge on any atom is -0.0622 e. The second-order valence-corrected chi connectivity index (χ2v) is 4.05. The first kappa shape index (κ1) is 8.72. The Bertz CT molecular complexity index is 435. The van der Waals surface area contributed by atoms with E-state index < -0.39 is 0 Å². The third-order valence-electron chi connectivity index (χ3n) is 2.90. The predicted molar refractivity (Wildman–Crippen MR) is 63.5 cm³/mol. The Balaban J connectivity index is 1.93. The Hall–Kier alpha value is -1.56. The zero-order chi connectivity index (χ0) is 10.1. The van der Waals surface area contributed by atoms with Gasteiger partial charge < -0.3 is 0 Å². The summed E-state index contributed by atoms with van der Waals surface area (Å²) in [6.45, 7) is 0. The lowest BCUT2D eigenvalue weighted by molar-refractivity contribution is 1.41. The predicted octanol–water partition coefficient (Wildman–Crippen LogP) is 4.07. The summed E-state index contributed by atoms with van der Waals surface area (Å²) in [5.74, 6) is 1.61. The first-order chi connectivity index (χ1) is 7.43. The van der Waals surface area contributed by atoms with Crippen LogP contribution >= 0.6 is 0 Å². The van der Waals surface area contributed by atoms with Crippen LogP contribution in [0.2, 0.25) is 0 Å². The van der Waals surface area contributed by atoms with E-state index in [1.54, 1.807) is 5.92 Å². The topological polar surface area (TPSA) is 0 Å². The molecule has 1 fully saturated rings. The van der Waals surface area contributed by atoms with Crippen LogP contribution < -0.4 is 0 Å². The van der Waals surface area contributed by atoms with Crippen molar-refractivity contribution in [1.82, 2.24) is 0 Å². The van der Waals surface area contributed by atoms with Crippen LogP contribution in [0.3, 0.4) is 0 Å². The highest BCUT2D eigenvalue weighted by molar-refractivity contribution is 5.64. The zero-order valence-electron chi connectivity index (χ0n) is 8.61. The van der Waals surface area contributed by atoms with E-state index >= 15 is 0 Å². The molecule has 0 nitrogen and oxygen atoms in total. The van der Waals surface area contributed by atoms with Crippen molar-refractivity contribution in [3.63, 3.8) is 0 Å². The quantitative estimate of drug-likeness (QED) is 0.674. The highest BCUT2D eigenvalue weighted by atomic mass is 14.3. The Morgan fingerprint density at radius 1 is 0.533 bits per heavy atom. The molecule has 0 N–H and O–H groups in total. The second-order valence-electron chi connectivity index (χ2n) is 4.05. The van der Waals surface area contributed by atoms with Crippen molar-refractivity contribution in [3.05, 3.63) is 66.1 Å². The van der Waals surface area contributed by atoms with E-state index in [4.69, 9.17) is 0 Å². The van der Waals surface area contributed by atoms with Crippen molar-refractivity contribution >= 4 is 0 Å². The van der Waals surface area contributed by atoms with Gasteiger partial charge in [-0.25, -0.2) is 0 Å². The molecule has 2 aromatic carbocycles. The van der Waals surface area contributed by atoms with Gasteiger partial charge in [0.25, 0.3) is 0 Å². The Kier molecular flexibility index (Phi) is 2.06. The van der Waals surface area contributed by atoms with E-state index in [1.807, 2.05) is 0 Å². The van der Waals surface area contributed by atoms with Crippen molar-refractivity contribution in [3.8, 4) is 11.1 Å². The standard InChI is InChI=1S/C15H13/c1-2-4-12(5-3-1)13-6-8-14(9-7-13)15-10-11-15/h1-9H,10-11H2. The maximum absolute atomic E-state index is 2.24. The van der Waals surface area contributed by atoms with Crippen LogP contribution in [0.5, 0.6) is 0 Å². The van der Waals surface area contributed by atoms with Crippen LogP contribution in [-0.2, 0) is 0 Å². The molecule has 1 radical (unpaired) electrons. The maximum atomic E-state index is 2.24. The van der Waals surface area contributed by atoms with Gasteiger partial charge in [0.05, 0.1) is 0 Å². The Labute approximate surface area is 90.6 Å². The molecule has 0 heteroatoms. The first-order valence-corrected chi connectivity index (χ1v) is 5.44. The molecular weight excluding hydrogens is 180 g/mol. The highest BCUT2D eigenvalue weighted by Crippen LogP contribution is 2.39. The highest BCUT2D eigenvalue weighted by Gasteiger charge is 2.23. The largest absolute Gasteiger partial charge is 0.0622 e. The van der Waals surface area contributed by atoms with E-state index in [9.17, 15) is 0 Å². The van der Waals surface area contributed by atoms with Gasteiger partial charge in [-0.1, -0.05) is 54.6 Å². The normalized spacial score (nSPS) is 15.2.